The van der Waals surface area contributed by atoms with Crippen LogP contribution in [0.25, 0.3) is 0 Å². The van der Waals surface area contributed by atoms with Gasteiger partial charge in [-0.1, -0.05) is 13.3 Å². The second-order valence-corrected chi connectivity index (χ2v) is 5.88. The van der Waals surface area contributed by atoms with Crippen molar-refractivity contribution >= 4 is 50.4 Å². The van der Waals surface area contributed by atoms with E-state index in [1.165, 1.54) is 0 Å². The van der Waals surface area contributed by atoms with E-state index in [0.717, 1.165) is 3.57 Å². The summed E-state index contributed by atoms with van der Waals surface area (Å²) in [5.74, 6) is -1.38. The Morgan fingerprint density at radius 2 is 2.17 bits per heavy atom. The van der Waals surface area contributed by atoms with Gasteiger partial charge in [0.15, 0.2) is 0 Å². The number of hydrogen-bond donors (Lipinski definition) is 2. The molecule has 0 aromatic heterocycles. The minimum Gasteiger partial charge on any atom is -0.480 e. The van der Waals surface area contributed by atoms with Crippen molar-refractivity contribution < 1.29 is 14.7 Å². The molecule has 1 atom stereocenters. The van der Waals surface area contributed by atoms with Crippen molar-refractivity contribution in [2.75, 3.05) is 0 Å². The first-order valence-corrected chi connectivity index (χ1v) is 7.31. The maximum atomic E-state index is 12.0. The van der Waals surface area contributed by atoms with E-state index < -0.39 is 12.0 Å². The Morgan fingerprint density at radius 3 is 2.72 bits per heavy atom. The van der Waals surface area contributed by atoms with E-state index in [-0.39, 0.29) is 5.91 Å². The Labute approximate surface area is 127 Å². The second-order valence-electron chi connectivity index (χ2n) is 3.78. The average Bonchev–Trinajstić information content (AvgIpc) is 2.31. The highest BCUT2D eigenvalue weighted by atomic mass is 127. The summed E-state index contributed by atoms with van der Waals surface area (Å²) in [6.45, 7) is 1.88. The minimum absolute atomic E-state index is 0.374. The Hall–Kier alpha value is -0.630. The molecule has 0 saturated carbocycles. The van der Waals surface area contributed by atoms with Gasteiger partial charge in [-0.3, -0.25) is 4.79 Å². The quantitative estimate of drug-likeness (QED) is 0.712. The van der Waals surface area contributed by atoms with Crippen LogP contribution in [0.2, 0.25) is 0 Å². The van der Waals surface area contributed by atoms with Crippen molar-refractivity contribution in [1.82, 2.24) is 5.32 Å². The largest absolute Gasteiger partial charge is 0.480 e. The van der Waals surface area contributed by atoms with Gasteiger partial charge >= 0.3 is 5.97 Å². The first kappa shape index (κ1) is 15.4. The van der Waals surface area contributed by atoms with Gasteiger partial charge in [0.05, 0.1) is 5.56 Å². The van der Waals surface area contributed by atoms with E-state index in [9.17, 15) is 9.59 Å². The van der Waals surface area contributed by atoms with Crippen molar-refractivity contribution in [3.63, 3.8) is 0 Å². The van der Waals surface area contributed by atoms with Gasteiger partial charge in [-0.05, 0) is 63.1 Å². The first-order valence-electron chi connectivity index (χ1n) is 5.44. The van der Waals surface area contributed by atoms with Gasteiger partial charge in [-0.2, -0.15) is 0 Å². The van der Waals surface area contributed by atoms with Crippen LogP contribution in [0, 0.1) is 3.57 Å². The molecule has 1 rings (SSSR count). The lowest BCUT2D eigenvalue weighted by Gasteiger charge is -2.14. The average molecular weight is 426 g/mol. The standard InChI is InChI=1S/C12H13BrINO3/c1-2-3-10(12(17)18)15-11(16)8-6-7(14)4-5-9(8)13/h4-6,10H,2-3H2,1H3,(H,15,16)(H,17,18)/t10-/m0/s1. The van der Waals surface area contributed by atoms with E-state index in [1.807, 2.05) is 13.0 Å². The molecule has 1 amide bonds. The number of carbonyl (C=O) groups excluding carboxylic acids is 1. The van der Waals surface area contributed by atoms with Crippen LogP contribution in [-0.4, -0.2) is 23.0 Å². The Balaban J connectivity index is 2.86. The topological polar surface area (TPSA) is 66.4 Å². The van der Waals surface area contributed by atoms with Crippen molar-refractivity contribution in [3.05, 3.63) is 31.8 Å². The fourth-order valence-electron chi connectivity index (χ4n) is 1.45. The molecule has 18 heavy (non-hydrogen) atoms. The minimum atomic E-state index is -1.01. The lowest BCUT2D eigenvalue weighted by molar-refractivity contribution is -0.139. The van der Waals surface area contributed by atoms with Gasteiger partial charge in [0, 0.05) is 8.04 Å². The molecule has 6 heteroatoms. The summed E-state index contributed by atoms with van der Waals surface area (Å²) in [4.78, 5) is 23.0. The van der Waals surface area contributed by atoms with E-state index in [2.05, 4.69) is 43.8 Å². The van der Waals surface area contributed by atoms with E-state index in [0.29, 0.717) is 22.9 Å². The molecule has 0 spiro atoms. The Kier molecular flexibility index (Phi) is 6.07. The first-order chi connectivity index (χ1) is 8.45. The predicted molar refractivity (Wildman–Crippen MR) is 80.7 cm³/mol. The number of halogens is 2. The van der Waals surface area contributed by atoms with Crippen molar-refractivity contribution in [1.29, 1.82) is 0 Å². The summed E-state index contributed by atoms with van der Waals surface area (Å²) in [5, 5.41) is 11.5. The number of hydrogen-bond acceptors (Lipinski definition) is 2. The molecule has 4 nitrogen and oxygen atoms in total. The Bertz CT molecular complexity index is 465. The van der Waals surface area contributed by atoms with Crippen LogP contribution in [0.15, 0.2) is 22.7 Å². The van der Waals surface area contributed by atoms with Gasteiger partial charge in [0.2, 0.25) is 0 Å². The number of carboxylic acid groups (broad SMARTS) is 1. The fraction of sp³-hybridized carbons (Fsp3) is 0.333. The summed E-state index contributed by atoms with van der Waals surface area (Å²) in [6.07, 6.45) is 1.12. The summed E-state index contributed by atoms with van der Waals surface area (Å²) >= 11 is 5.39. The van der Waals surface area contributed by atoms with Gasteiger partial charge in [-0.25, -0.2) is 4.79 Å². The lowest BCUT2D eigenvalue weighted by Crippen LogP contribution is -2.40. The van der Waals surface area contributed by atoms with Crippen LogP contribution in [0.4, 0.5) is 0 Å². The molecule has 0 saturated heterocycles. The zero-order valence-corrected chi connectivity index (χ0v) is 13.5. The third-order valence-electron chi connectivity index (χ3n) is 2.35. The van der Waals surface area contributed by atoms with E-state index in [1.54, 1.807) is 12.1 Å². The SMILES string of the molecule is CCC[C@H](NC(=O)c1cc(I)ccc1Br)C(=O)O. The summed E-state index contributed by atoms with van der Waals surface area (Å²) < 4.78 is 1.57. The normalized spacial score (nSPS) is 11.9. The lowest BCUT2D eigenvalue weighted by atomic mass is 10.1. The zero-order chi connectivity index (χ0) is 13.7. The maximum absolute atomic E-state index is 12.0. The molecule has 0 fully saturated rings. The molecule has 0 bridgehead atoms. The fourth-order valence-corrected chi connectivity index (χ4v) is 2.37. The number of rotatable bonds is 5. The number of nitrogens with one attached hydrogen (secondary N) is 1. The van der Waals surface area contributed by atoms with Crippen LogP contribution in [0.3, 0.4) is 0 Å². The highest BCUT2D eigenvalue weighted by Crippen LogP contribution is 2.19. The molecule has 0 aliphatic rings. The predicted octanol–water partition coefficient (Wildman–Crippen LogP) is 3.04. The van der Waals surface area contributed by atoms with Gasteiger partial charge in [0.1, 0.15) is 6.04 Å². The van der Waals surface area contributed by atoms with Gasteiger partial charge < -0.3 is 10.4 Å². The molecule has 0 radical (unpaired) electrons. The smallest absolute Gasteiger partial charge is 0.326 e. The number of aliphatic carboxylic acids is 1. The molecule has 0 heterocycles. The molecular formula is C12H13BrINO3. The highest BCUT2D eigenvalue weighted by Gasteiger charge is 2.20. The molecular weight excluding hydrogens is 413 g/mol. The number of carbonyl (C=O) groups is 2. The summed E-state index contributed by atoms with van der Waals surface area (Å²) in [5.41, 5.74) is 0.448. The third-order valence-corrected chi connectivity index (χ3v) is 3.72. The second kappa shape index (κ2) is 7.08. The van der Waals surface area contributed by atoms with Crippen molar-refractivity contribution in [2.45, 2.75) is 25.8 Å². The molecule has 0 unspecified atom stereocenters. The molecule has 2 N–H and O–H groups in total. The van der Waals surface area contributed by atoms with Crippen LogP contribution >= 0.6 is 38.5 Å². The summed E-state index contributed by atoms with van der Waals surface area (Å²) in [7, 11) is 0. The van der Waals surface area contributed by atoms with Crippen LogP contribution < -0.4 is 5.32 Å². The van der Waals surface area contributed by atoms with Gasteiger partial charge in [0.25, 0.3) is 5.91 Å². The highest BCUT2D eigenvalue weighted by molar-refractivity contribution is 14.1. The third kappa shape index (κ3) is 4.24. The van der Waals surface area contributed by atoms with Gasteiger partial charge in [-0.15, -0.1) is 0 Å². The zero-order valence-electron chi connectivity index (χ0n) is 9.74. The van der Waals surface area contributed by atoms with Crippen LogP contribution in [0.5, 0.6) is 0 Å². The molecule has 0 aliphatic carbocycles. The molecule has 98 valence electrons. The van der Waals surface area contributed by atoms with E-state index in [4.69, 9.17) is 5.11 Å². The van der Waals surface area contributed by atoms with Crippen molar-refractivity contribution in [2.24, 2.45) is 0 Å². The number of benzene rings is 1. The maximum Gasteiger partial charge on any atom is 0.326 e. The van der Waals surface area contributed by atoms with Crippen LogP contribution in [-0.2, 0) is 4.79 Å². The molecule has 1 aromatic carbocycles. The monoisotopic (exact) mass is 425 g/mol. The van der Waals surface area contributed by atoms with E-state index >= 15 is 0 Å². The van der Waals surface area contributed by atoms with Crippen LogP contribution in [0.1, 0.15) is 30.1 Å². The number of amides is 1. The number of carboxylic acids is 1. The molecule has 0 aliphatic heterocycles. The van der Waals surface area contributed by atoms with Crippen molar-refractivity contribution in [3.8, 4) is 0 Å². The Morgan fingerprint density at radius 1 is 1.50 bits per heavy atom. The summed E-state index contributed by atoms with van der Waals surface area (Å²) in [6, 6.07) is 4.51. The molecule has 1 aromatic rings.